The van der Waals surface area contributed by atoms with Crippen molar-refractivity contribution >= 4 is 17.2 Å². The Labute approximate surface area is 156 Å². The number of alkyl halides is 2. The molecular weight excluding hydrogens is 354 g/mol. The lowest BCUT2D eigenvalue weighted by Crippen LogP contribution is -2.45. The van der Waals surface area contributed by atoms with Crippen molar-refractivity contribution in [3.8, 4) is 0 Å². The zero-order valence-electron chi connectivity index (χ0n) is 14.5. The third-order valence-electron chi connectivity index (χ3n) is 5.72. The van der Waals surface area contributed by atoms with Gasteiger partial charge in [-0.3, -0.25) is 4.79 Å². The summed E-state index contributed by atoms with van der Waals surface area (Å²) in [7, 11) is 0. The lowest BCUT2D eigenvalue weighted by molar-refractivity contribution is -0.161. The number of hydrogen-bond donors (Lipinski definition) is 1. The third kappa shape index (κ3) is 3.16. The van der Waals surface area contributed by atoms with Gasteiger partial charge in [-0.15, -0.1) is 0 Å². The van der Waals surface area contributed by atoms with Crippen LogP contribution in [0.25, 0.3) is 0 Å². The Bertz CT molecular complexity index is 757. The van der Waals surface area contributed by atoms with Crippen LogP contribution in [-0.4, -0.2) is 29.9 Å². The summed E-state index contributed by atoms with van der Waals surface area (Å²) in [6, 6.07) is 9.24. The fourth-order valence-electron chi connectivity index (χ4n) is 4.08. The van der Waals surface area contributed by atoms with Crippen LogP contribution >= 0.6 is 11.3 Å². The number of carbonyl (C=O) groups is 1. The SMILES string of the molecule is O=C(N(Cc1ccsc1)C1CC12CCNCC2)C(F)(F)c1ccccc1. The average Bonchev–Trinajstić information content (AvgIpc) is 3.09. The van der Waals surface area contributed by atoms with Crippen molar-refractivity contribution in [1.29, 1.82) is 0 Å². The molecule has 4 rings (SSSR count). The Morgan fingerprint density at radius 1 is 1.23 bits per heavy atom. The normalized spacial score (nSPS) is 21.5. The van der Waals surface area contributed by atoms with E-state index in [0.29, 0.717) is 0 Å². The van der Waals surface area contributed by atoms with Gasteiger partial charge >= 0.3 is 5.92 Å². The summed E-state index contributed by atoms with van der Waals surface area (Å²) < 4.78 is 29.9. The van der Waals surface area contributed by atoms with E-state index in [2.05, 4.69) is 5.32 Å². The van der Waals surface area contributed by atoms with E-state index < -0.39 is 11.8 Å². The Kier molecular flexibility index (Phi) is 4.57. The summed E-state index contributed by atoms with van der Waals surface area (Å²) in [5, 5.41) is 7.17. The first-order chi connectivity index (χ1) is 12.5. The molecule has 1 saturated heterocycles. The Morgan fingerprint density at radius 3 is 2.62 bits per heavy atom. The smallest absolute Gasteiger partial charge is 0.329 e. The number of hydrogen-bond acceptors (Lipinski definition) is 3. The first-order valence-corrected chi connectivity index (χ1v) is 9.93. The van der Waals surface area contributed by atoms with Gasteiger partial charge in [0, 0.05) is 18.2 Å². The number of nitrogens with zero attached hydrogens (tertiary/aromatic N) is 1. The molecule has 1 aliphatic heterocycles. The van der Waals surface area contributed by atoms with Crippen molar-refractivity contribution in [3.63, 3.8) is 0 Å². The molecule has 1 spiro atoms. The van der Waals surface area contributed by atoms with Crippen LogP contribution in [0.2, 0.25) is 0 Å². The Morgan fingerprint density at radius 2 is 1.96 bits per heavy atom. The van der Waals surface area contributed by atoms with Crippen LogP contribution in [0.1, 0.15) is 30.4 Å². The van der Waals surface area contributed by atoms with Crippen molar-refractivity contribution in [1.82, 2.24) is 10.2 Å². The van der Waals surface area contributed by atoms with Crippen LogP contribution in [-0.2, 0) is 17.3 Å². The van der Waals surface area contributed by atoms with Crippen LogP contribution < -0.4 is 5.32 Å². The summed E-state index contributed by atoms with van der Waals surface area (Å²) in [6.07, 6.45) is 2.72. The minimum atomic E-state index is -3.51. The number of thiophene rings is 1. The Hall–Kier alpha value is -1.79. The summed E-state index contributed by atoms with van der Waals surface area (Å²) >= 11 is 1.52. The van der Waals surface area contributed by atoms with E-state index in [1.54, 1.807) is 18.2 Å². The number of rotatable bonds is 5. The van der Waals surface area contributed by atoms with E-state index in [1.165, 1.54) is 28.4 Å². The highest BCUT2D eigenvalue weighted by molar-refractivity contribution is 7.07. The second-order valence-corrected chi connectivity index (χ2v) is 8.12. The van der Waals surface area contributed by atoms with E-state index in [9.17, 15) is 13.6 Å². The molecule has 2 heterocycles. The van der Waals surface area contributed by atoms with Gasteiger partial charge < -0.3 is 10.2 Å². The van der Waals surface area contributed by atoms with E-state index in [4.69, 9.17) is 0 Å². The minimum Gasteiger partial charge on any atom is -0.329 e. The molecule has 1 aliphatic carbocycles. The van der Waals surface area contributed by atoms with Crippen molar-refractivity contribution in [2.45, 2.75) is 37.8 Å². The highest BCUT2D eigenvalue weighted by Gasteiger charge is 2.60. The van der Waals surface area contributed by atoms with Gasteiger partial charge in [0.2, 0.25) is 0 Å². The fraction of sp³-hybridized carbons (Fsp3) is 0.450. The first-order valence-electron chi connectivity index (χ1n) is 8.99. The van der Waals surface area contributed by atoms with Gasteiger partial charge in [-0.2, -0.15) is 20.1 Å². The molecule has 2 aromatic rings. The molecular formula is C20H22F2N2OS. The predicted molar refractivity (Wildman–Crippen MR) is 98.1 cm³/mol. The number of piperidine rings is 1. The molecule has 1 amide bonds. The predicted octanol–water partition coefficient (Wildman–Crippen LogP) is 4.01. The van der Waals surface area contributed by atoms with Gasteiger partial charge in [-0.05, 0) is 60.2 Å². The first kappa shape index (κ1) is 17.6. The van der Waals surface area contributed by atoms with Crippen LogP contribution in [0.5, 0.6) is 0 Å². The quantitative estimate of drug-likeness (QED) is 0.855. The summed E-state index contributed by atoms with van der Waals surface area (Å²) in [5.74, 6) is -4.58. The van der Waals surface area contributed by atoms with Crippen LogP contribution in [0, 0.1) is 5.41 Å². The monoisotopic (exact) mass is 376 g/mol. The van der Waals surface area contributed by atoms with Gasteiger partial charge in [-0.25, -0.2) is 0 Å². The van der Waals surface area contributed by atoms with Crippen molar-refractivity contribution in [2.24, 2.45) is 5.41 Å². The highest BCUT2D eigenvalue weighted by atomic mass is 32.1. The molecule has 1 aromatic carbocycles. The standard InChI is InChI=1S/C20H22F2N2OS/c21-20(22,16-4-2-1-3-5-16)18(25)24(13-15-6-11-26-14-15)17-12-19(17)7-9-23-10-8-19/h1-6,11,14,17,23H,7-10,12-13H2. The van der Waals surface area contributed by atoms with Gasteiger partial charge in [0.05, 0.1) is 0 Å². The van der Waals surface area contributed by atoms with Crippen molar-refractivity contribution in [3.05, 3.63) is 58.3 Å². The van der Waals surface area contributed by atoms with Crippen LogP contribution in [0.15, 0.2) is 47.2 Å². The van der Waals surface area contributed by atoms with Gasteiger partial charge in [0.25, 0.3) is 5.91 Å². The zero-order valence-corrected chi connectivity index (χ0v) is 15.3. The van der Waals surface area contributed by atoms with Crippen LogP contribution in [0.3, 0.4) is 0 Å². The lowest BCUT2D eigenvalue weighted by Gasteiger charge is -2.32. The van der Waals surface area contributed by atoms with Gasteiger partial charge in [0.15, 0.2) is 0 Å². The molecule has 26 heavy (non-hydrogen) atoms. The molecule has 1 aromatic heterocycles. The molecule has 2 aliphatic rings. The minimum absolute atomic E-state index is 0.0176. The lowest BCUT2D eigenvalue weighted by atomic mass is 9.93. The number of nitrogens with one attached hydrogen (secondary N) is 1. The maximum absolute atomic E-state index is 15.0. The maximum Gasteiger partial charge on any atom is 0.349 e. The maximum atomic E-state index is 15.0. The summed E-state index contributed by atoms with van der Waals surface area (Å²) in [6.45, 7) is 2.04. The Balaban J connectivity index is 1.61. The third-order valence-corrected chi connectivity index (χ3v) is 6.45. The molecule has 0 bridgehead atoms. The van der Waals surface area contributed by atoms with Crippen molar-refractivity contribution < 1.29 is 13.6 Å². The van der Waals surface area contributed by atoms with Gasteiger partial charge in [-0.1, -0.05) is 30.3 Å². The topological polar surface area (TPSA) is 32.3 Å². The second-order valence-electron chi connectivity index (χ2n) is 7.34. The molecule has 3 nitrogen and oxygen atoms in total. The second kappa shape index (κ2) is 6.74. The molecule has 2 fully saturated rings. The summed E-state index contributed by atoms with van der Waals surface area (Å²) in [4.78, 5) is 14.4. The molecule has 6 heteroatoms. The molecule has 138 valence electrons. The fourth-order valence-corrected chi connectivity index (χ4v) is 4.74. The van der Waals surface area contributed by atoms with E-state index in [-0.39, 0.29) is 23.6 Å². The van der Waals surface area contributed by atoms with Crippen LogP contribution in [0.4, 0.5) is 8.78 Å². The highest BCUT2D eigenvalue weighted by Crippen LogP contribution is 2.56. The van der Waals surface area contributed by atoms with Crippen molar-refractivity contribution in [2.75, 3.05) is 13.1 Å². The number of halogens is 2. The average molecular weight is 376 g/mol. The molecule has 1 atom stereocenters. The molecule has 0 radical (unpaired) electrons. The molecule has 1 saturated carbocycles. The molecule has 1 unspecified atom stereocenters. The summed E-state index contributed by atoms with van der Waals surface area (Å²) in [5.41, 5.74) is 0.701. The largest absolute Gasteiger partial charge is 0.349 e. The molecule has 1 N–H and O–H groups in total. The number of carbonyl (C=O) groups excluding carboxylic acids is 1. The number of amides is 1. The van der Waals surface area contributed by atoms with Gasteiger partial charge in [0.1, 0.15) is 0 Å². The zero-order chi connectivity index (χ0) is 18.2. The number of benzene rings is 1. The van der Waals surface area contributed by atoms with E-state index in [1.807, 2.05) is 16.8 Å². The van der Waals surface area contributed by atoms with E-state index >= 15 is 0 Å². The van der Waals surface area contributed by atoms with E-state index in [0.717, 1.165) is 37.9 Å².